The van der Waals surface area contributed by atoms with Crippen molar-refractivity contribution in [1.29, 1.82) is 5.26 Å². The van der Waals surface area contributed by atoms with E-state index < -0.39 is 0 Å². The van der Waals surface area contributed by atoms with Crippen molar-refractivity contribution in [2.75, 3.05) is 11.9 Å². The van der Waals surface area contributed by atoms with Gasteiger partial charge < -0.3 is 10.0 Å². The fraction of sp³-hybridized carbons (Fsp3) is 0.154. The van der Waals surface area contributed by atoms with Gasteiger partial charge >= 0.3 is 0 Å². The van der Waals surface area contributed by atoms with Crippen LogP contribution >= 0.6 is 0 Å². The van der Waals surface area contributed by atoms with Crippen LogP contribution in [-0.4, -0.2) is 22.1 Å². The molecule has 0 aliphatic carbocycles. The molecular weight excluding hydrogens is 228 g/mol. The van der Waals surface area contributed by atoms with Crippen LogP contribution in [0, 0.1) is 18.3 Å². The van der Waals surface area contributed by atoms with Crippen molar-refractivity contribution in [2.45, 2.75) is 6.92 Å². The maximum Gasteiger partial charge on any atom is 0.231 e. The van der Waals surface area contributed by atoms with Crippen LogP contribution in [0.3, 0.4) is 0 Å². The second-order valence-electron chi connectivity index (χ2n) is 3.88. The minimum atomic E-state index is 0.204. The molecular formula is C13H12N4O. The third kappa shape index (κ3) is 2.38. The summed E-state index contributed by atoms with van der Waals surface area (Å²) in [6, 6.07) is 10.3. The maximum atomic E-state index is 9.24. The average Bonchev–Trinajstić information content (AvgIpc) is 2.38. The molecule has 1 aromatic heterocycles. The Morgan fingerprint density at radius 2 is 1.89 bits per heavy atom. The van der Waals surface area contributed by atoms with E-state index in [0.29, 0.717) is 11.6 Å². The predicted octanol–water partition coefficient (Wildman–Crippen LogP) is 2.13. The zero-order chi connectivity index (χ0) is 13.1. The first-order valence-corrected chi connectivity index (χ1v) is 5.38. The zero-order valence-electron chi connectivity index (χ0n) is 10.1. The lowest BCUT2D eigenvalue weighted by Gasteiger charge is -2.17. The molecule has 0 saturated carbocycles. The molecule has 2 rings (SSSR count). The third-order valence-electron chi connectivity index (χ3n) is 2.49. The molecule has 0 spiro atoms. The Hall–Kier alpha value is -2.61. The lowest BCUT2D eigenvalue weighted by molar-refractivity contribution is 0.475. The standard InChI is InChI=1S/C13H12N4O/c1-9-7-10(8-14)16-13(15-9)17(2)11-3-5-12(18)6-4-11/h3-7,18H,1-2H3. The molecule has 1 heterocycles. The molecule has 0 bridgehead atoms. The van der Waals surface area contributed by atoms with Crippen LogP contribution in [0.5, 0.6) is 5.75 Å². The van der Waals surface area contributed by atoms with Gasteiger partial charge in [0.05, 0.1) is 0 Å². The van der Waals surface area contributed by atoms with Crippen molar-refractivity contribution in [3.8, 4) is 11.8 Å². The fourth-order valence-corrected chi connectivity index (χ4v) is 1.55. The molecule has 0 radical (unpaired) electrons. The fourth-order valence-electron chi connectivity index (χ4n) is 1.55. The summed E-state index contributed by atoms with van der Waals surface area (Å²) < 4.78 is 0. The van der Waals surface area contributed by atoms with Crippen LogP contribution in [0.15, 0.2) is 30.3 Å². The minimum absolute atomic E-state index is 0.204. The van der Waals surface area contributed by atoms with Gasteiger partial charge in [-0.25, -0.2) is 9.97 Å². The Labute approximate surface area is 105 Å². The molecule has 0 unspecified atom stereocenters. The van der Waals surface area contributed by atoms with Crippen LogP contribution in [0.2, 0.25) is 0 Å². The molecule has 90 valence electrons. The highest BCUT2D eigenvalue weighted by Gasteiger charge is 2.09. The third-order valence-corrected chi connectivity index (χ3v) is 2.49. The van der Waals surface area contributed by atoms with Crippen molar-refractivity contribution in [1.82, 2.24) is 9.97 Å². The van der Waals surface area contributed by atoms with E-state index in [1.54, 1.807) is 35.2 Å². The quantitative estimate of drug-likeness (QED) is 0.870. The Balaban J connectivity index is 2.39. The SMILES string of the molecule is Cc1cc(C#N)nc(N(C)c2ccc(O)cc2)n1. The number of phenolic OH excluding ortho intramolecular Hbond substituents is 1. The highest BCUT2D eigenvalue weighted by Crippen LogP contribution is 2.22. The van der Waals surface area contributed by atoms with E-state index in [0.717, 1.165) is 11.4 Å². The molecule has 0 amide bonds. The number of hydrogen-bond acceptors (Lipinski definition) is 5. The van der Waals surface area contributed by atoms with Gasteiger partial charge in [0.25, 0.3) is 0 Å². The summed E-state index contributed by atoms with van der Waals surface area (Å²) in [6.07, 6.45) is 0. The number of aromatic hydroxyl groups is 1. The number of rotatable bonds is 2. The number of anilines is 2. The van der Waals surface area contributed by atoms with Gasteiger partial charge in [-0.1, -0.05) is 0 Å². The maximum absolute atomic E-state index is 9.24. The van der Waals surface area contributed by atoms with E-state index in [1.807, 2.05) is 20.0 Å². The Kier molecular flexibility index (Phi) is 3.11. The van der Waals surface area contributed by atoms with Crippen molar-refractivity contribution in [3.63, 3.8) is 0 Å². The number of nitrogens with zero attached hydrogens (tertiary/aromatic N) is 4. The number of aromatic nitrogens is 2. The van der Waals surface area contributed by atoms with Gasteiger partial charge in [0, 0.05) is 18.4 Å². The summed E-state index contributed by atoms with van der Waals surface area (Å²) >= 11 is 0. The number of hydrogen-bond donors (Lipinski definition) is 1. The number of aryl methyl sites for hydroxylation is 1. The second-order valence-corrected chi connectivity index (χ2v) is 3.88. The van der Waals surface area contributed by atoms with E-state index in [-0.39, 0.29) is 5.75 Å². The lowest BCUT2D eigenvalue weighted by atomic mass is 10.3. The van der Waals surface area contributed by atoms with Crippen molar-refractivity contribution in [2.24, 2.45) is 0 Å². The molecule has 2 aromatic rings. The van der Waals surface area contributed by atoms with Crippen molar-refractivity contribution >= 4 is 11.6 Å². The van der Waals surface area contributed by atoms with Gasteiger partial charge in [0.1, 0.15) is 17.5 Å². The zero-order valence-corrected chi connectivity index (χ0v) is 10.1. The number of benzene rings is 1. The number of phenols is 1. The van der Waals surface area contributed by atoms with E-state index in [4.69, 9.17) is 5.26 Å². The molecule has 0 atom stereocenters. The summed E-state index contributed by atoms with van der Waals surface area (Å²) in [5.74, 6) is 0.660. The molecule has 5 nitrogen and oxygen atoms in total. The van der Waals surface area contributed by atoms with Gasteiger partial charge in [-0.3, -0.25) is 0 Å². The lowest BCUT2D eigenvalue weighted by Crippen LogP contribution is -2.14. The molecule has 1 N–H and O–H groups in total. The molecule has 0 aliphatic rings. The molecule has 1 aromatic carbocycles. The van der Waals surface area contributed by atoms with Crippen LogP contribution in [0.4, 0.5) is 11.6 Å². The van der Waals surface area contributed by atoms with E-state index >= 15 is 0 Å². The molecule has 0 aliphatic heterocycles. The van der Waals surface area contributed by atoms with Crippen LogP contribution in [0.1, 0.15) is 11.4 Å². The van der Waals surface area contributed by atoms with E-state index in [9.17, 15) is 5.11 Å². The normalized spacial score (nSPS) is 9.83. The summed E-state index contributed by atoms with van der Waals surface area (Å²) in [5.41, 5.74) is 1.91. The van der Waals surface area contributed by atoms with Crippen molar-refractivity contribution < 1.29 is 5.11 Å². The molecule has 0 saturated heterocycles. The van der Waals surface area contributed by atoms with Crippen LogP contribution in [-0.2, 0) is 0 Å². The Morgan fingerprint density at radius 1 is 1.22 bits per heavy atom. The summed E-state index contributed by atoms with van der Waals surface area (Å²) in [4.78, 5) is 10.2. The monoisotopic (exact) mass is 240 g/mol. The molecule has 18 heavy (non-hydrogen) atoms. The largest absolute Gasteiger partial charge is 0.508 e. The van der Waals surface area contributed by atoms with Crippen LogP contribution < -0.4 is 4.90 Å². The van der Waals surface area contributed by atoms with Crippen molar-refractivity contribution in [3.05, 3.63) is 41.7 Å². The first kappa shape index (κ1) is 11.9. The van der Waals surface area contributed by atoms with Crippen LogP contribution in [0.25, 0.3) is 0 Å². The average molecular weight is 240 g/mol. The van der Waals surface area contributed by atoms with Gasteiger partial charge in [-0.05, 0) is 37.3 Å². The second kappa shape index (κ2) is 4.72. The predicted molar refractivity (Wildman–Crippen MR) is 67.7 cm³/mol. The summed E-state index contributed by atoms with van der Waals surface area (Å²) in [5, 5.41) is 18.1. The highest BCUT2D eigenvalue weighted by molar-refractivity contribution is 5.57. The van der Waals surface area contributed by atoms with Gasteiger partial charge in [-0.15, -0.1) is 0 Å². The van der Waals surface area contributed by atoms with Gasteiger partial charge in [0.2, 0.25) is 5.95 Å². The van der Waals surface area contributed by atoms with Gasteiger partial charge in [-0.2, -0.15) is 5.26 Å². The van der Waals surface area contributed by atoms with E-state index in [1.165, 1.54) is 0 Å². The first-order valence-electron chi connectivity index (χ1n) is 5.38. The molecule has 0 fully saturated rings. The summed E-state index contributed by atoms with van der Waals surface area (Å²) in [7, 11) is 1.81. The highest BCUT2D eigenvalue weighted by atomic mass is 16.3. The summed E-state index contributed by atoms with van der Waals surface area (Å²) in [6.45, 7) is 1.82. The number of nitriles is 1. The minimum Gasteiger partial charge on any atom is -0.508 e. The smallest absolute Gasteiger partial charge is 0.231 e. The van der Waals surface area contributed by atoms with E-state index in [2.05, 4.69) is 9.97 Å². The Morgan fingerprint density at radius 3 is 2.50 bits per heavy atom. The Bertz CT molecular complexity index is 601. The molecule has 5 heteroatoms. The van der Waals surface area contributed by atoms with Gasteiger partial charge in [0.15, 0.2) is 0 Å². The first-order chi connectivity index (χ1) is 8.60. The topological polar surface area (TPSA) is 73.0 Å².